The number of hydrogen-bond acceptors (Lipinski definition) is 3. The molecule has 0 radical (unpaired) electrons. The Hall–Kier alpha value is -0.0526. The van der Waals surface area contributed by atoms with Crippen LogP contribution in [0.1, 0.15) is 0 Å². The molecule has 122 valence electrons. The van der Waals surface area contributed by atoms with E-state index in [-0.39, 0.29) is 18.9 Å². The Morgan fingerprint density at radius 1 is 0.714 bits per heavy atom. The Morgan fingerprint density at radius 3 is 1.38 bits per heavy atom. The van der Waals surface area contributed by atoms with Crippen LogP contribution in [0.25, 0.3) is 0 Å². The molecule has 0 saturated heterocycles. The van der Waals surface area contributed by atoms with Gasteiger partial charge in [-0.05, 0) is 0 Å². The van der Waals surface area contributed by atoms with Crippen LogP contribution in [-0.4, -0.2) is 62.2 Å². The van der Waals surface area contributed by atoms with Gasteiger partial charge in [-0.25, -0.2) is 43.5 Å². The van der Waals surface area contributed by atoms with Gasteiger partial charge in [-0.2, -0.15) is 0 Å². The minimum Gasteiger partial charge on any atom is -0.748 e. The van der Waals surface area contributed by atoms with Gasteiger partial charge in [-0.3, -0.25) is 0 Å². The fraction of sp³-hybridized carbons (Fsp3) is 1.00. The topological polar surface area (TPSA) is 57.2 Å². The molecule has 0 fully saturated rings. The molecule has 0 spiro atoms. The summed E-state index contributed by atoms with van der Waals surface area (Å²) in [7, 11) is -5.32. The number of alkyl halides is 8. The first kappa shape index (κ1) is 23.2. The van der Waals surface area contributed by atoms with Gasteiger partial charge < -0.3 is 4.55 Å². The van der Waals surface area contributed by atoms with Crippen LogP contribution in [0.4, 0.5) is 35.1 Å². The third kappa shape index (κ3) is 7.67. The average Bonchev–Trinajstić information content (AvgIpc) is 2.31. The fourth-order valence-electron chi connectivity index (χ4n) is 1.15. The Bertz CT molecular complexity index is 397. The van der Waals surface area contributed by atoms with E-state index < -0.39 is 59.3 Å². The quantitative estimate of drug-likeness (QED) is 0.317. The Morgan fingerprint density at radius 2 is 1.05 bits per heavy atom. The van der Waals surface area contributed by atoms with E-state index in [2.05, 4.69) is 0 Å². The van der Waals surface area contributed by atoms with Gasteiger partial charge in [0.05, 0.1) is 15.9 Å². The molecule has 6 unspecified atom stereocenters. The van der Waals surface area contributed by atoms with E-state index in [9.17, 15) is 48.1 Å². The first-order valence-corrected chi connectivity index (χ1v) is 6.52. The van der Waals surface area contributed by atoms with Crippen LogP contribution in [0.3, 0.4) is 0 Å². The van der Waals surface area contributed by atoms with Crippen molar-refractivity contribution in [2.24, 2.45) is 0 Å². The number of hydrogen-bond donors (Lipinski definition) is 0. The Kier molecular flexibility index (Phi) is 10.1. The molecule has 0 N–H and O–H groups in total. The van der Waals surface area contributed by atoms with Crippen molar-refractivity contribution >= 4 is 10.1 Å². The summed E-state index contributed by atoms with van der Waals surface area (Å²) in [5.41, 5.74) is 0. The second-order valence-corrected chi connectivity index (χ2v) is 5.25. The van der Waals surface area contributed by atoms with Gasteiger partial charge in [0, 0.05) is 0 Å². The summed E-state index contributed by atoms with van der Waals surface area (Å²) in [6, 6.07) is 0. The maximum atomic E-state index is 13.0. The largest absolute Gasteiger partial charge is 1.00 e. The molecule has 0 aromatic rings. The van der Waals surface area contributed by atoms with Gasteiger partial charge in [0.15, 0.2) is 30.9 Å². The molecule has 0 rings (SSSR count). The minimum atomic E-state index is -5.32. The Balaban J connectivity index is 0. The van der Waals surface area contributed by atoms with Crippen molar-refractivity contribution in [3.8, 4) is 0 Å². The van der Waals surface area contributed by atoms with E-state index in [4.69, 9.17) is 0 Å². The second-order valence-electron chi connectivity index (χ2n) is 3.80. The summed E-state index contributed by atoms with van der Waals surface area (Å²) in [6.45, 7) is 0. The third-order valence-electron chi connectivity index (χ3n) is 2.17. The molecule has 0 aromatic heterocycles. The van der Waals surface area contributed by atoms with E-state index in [0.29, 0.717) is 0 Å². The summed E-state index contributed by atoms with van der Waals surface area (Å²) >= 11 is 0. The number of halogens is 8. The van der Waals surface area contributed by atoms with Gasteiger partial charge in [0.25, 0.3) is 6.43 Å². The molecule has 0 heterocycles. The molecule has 0 bridgehead atoms. The predicted octanol–water partition coefficient (Wildman–Crippen LogP) is -1.17. The van der Waals surface area contributed by atoms with Gasteiger partial charge in [-0.15, -0.1) is 0 Å². The van der Waals surface area contributed by atoms with Gasteiger partial charge in [0.1, 0.15) is 6.17 Å². The van der Waals surface area contributed by atoms with Crippen LogP contribution < -0.4 is 18.9 Å². The molecule has 13 heteroatoms. The maximum absolute atomic E-state index is 13.0. The SMILES string of the molecule is O=S(=O)([O-])CC(F)C(F)C(F)C(F)C(F)C(F)C(F)F.[Li+]. The molecule has 0 aliphatic carbocycles. The molecule has 0 aliphatic heterocycles. The summed E-state index contributed by atoms with van der Waals surface area (Å²) in [5.74, 6) is -2.06. The zero-order chi connectivity index (χ0) is 16.2. The normalized spacial score (nSPS) is 21.0. The predicted molar refractivity (Wildman–Crippen MR) is 49.9 cm³/mol. The zero-order valence-corrected chi connectivity index (χ0v) is 11.2. The maximum Gasteiger partial charge on any atom is 1.00 e. The van der Waals surface area contributed by atoms with Crippen LogP contribution in [0.2, 0.25) is 0 Å². The van der Waals surface area contributed by atoms with Gasteiger partial charge >= 0.3 is 18.9 Å². The molecule has 6 atom stereocenters. The average molecular weight is 344 g/mol. The van der Waals surface area contributed by atoms with Gasteiger partial charge in [0.2, 0.25) is 0 Å². The van der Waals surface area contributed by atoms with E-state index in [1.807, 2.05) is 0 Å². The van der Waals surface area contributed by atoms with Crippen LogP contribution >= 0.6 is 0 Å². The van der Waals surface area contributed by atoms with E-state index in [1.54, 1.807) is 0 Å². The molecule has 3 nitrogen and oxygen atoms in total. The van der Waals surface area contributed by atoms with Crippen molar-refractivity contribution in [1.29, 1.82) is 0 Å². The standard InChI is InChI=1S/C8H10F8O3S.Li/c9-2(1-20(17,18)19)3(10)4(11)5(12)6(13)7(14)8(15)16;/h2-8H,1H2,(H,17,18,19);/q;+1/p-1. The summed E-state index contributed by atoms with van der Waals surface area (Å²) in [6.07, 6.45) is -26.1. The molecule has 0 aliphatic rings. The van der Waals surface area contributed by atoms with E-state index >= 15 is 0 Å². The van der Waals surface area contributed by atoms with Crippen LogP contribution in [0.15, 0.2) is 0 Å². The summed E-state index contributed by atoms with van der Waals surface area (Å²) in [5, 5.41) is 0. The summed E-state index contributed by atoms with van der Waals surface area (Å²) < 4.78 is 130. The van der Waals surface area contributed by atoms with Crippen molar-refractivity contribution in [3.63, 3.8) is 0 Å². The molecule has 0 aromatic carbocycles. The second kappa shape index (κ2) is 9.17. The van der Waals surface area contributed by atoms with Crippen molar-refractivity contribution in [2.45, 2.75) is 43.5 Å². The van der Waals surface area contributed by atoms with Crippen molar-refractivity contribution in [3.05, 3.63) is 0 Å². The van der Waals surface area contributed by atoms with Crippen molar-refractivity contribution in [2.75, 3.05) is 5.75 Å². The van der Waals surface area contributed by atoms with Crippen molar-refractivity contribution in [1.82, 2.24) is 0 Å². The van der Waals surface area contributed by atoms with E-state index in [0.717, 1.165) is 0 Å². The summed E-state index contributed by atoms with van der Waals surface area (Å²) in [4.78, 5) is 0. The van der Waals surface area contributed by atoms with Crippen LogP contribution in [0, 0.1) is 0 Å². The monoisotopic (exact) mass is 344 g/mol. The van der Waals surface area contributed by atoms with E-state index in [1.165, 1.54) is 0 Å². The number of rotatable bonds is 8. The Labute approximate surface area is 127 Å². The van der Waals surface area contributed by atoms with Crippen molar-refractivity contribution < 1.29 is 67.0 Å². The molecule has 0 saturated carbocycles. The molecule has 0 amide bonds. The fourth-order valence-corrected chi connectivity index (χ4v) is 1.73. The first-order valence-electron chi connectivity index (χ1n) is 4.94. The molecular formula is C8H9F8LiO3S. The molecular weight excluding hydrogens is 335 g/mol. The molecule has 21 heavy (non-hydrogen) atoms. The smallest absolute Gasteiger partial charge is 0.748 e. The first-order chi connectivity index (χ1) is 8.88. The van der Waals surface area contributed by atoms with Gasteiger partial charge in [-0.1, -0.05) is 0 Å². The zero-order valence-electron chi connectivity index (χ0n) is 10.4. The third-order valence-corrected chi connectivity index (χ3v) is 2.89. The van der Waals surface area contributed by atoms with Crippen LogP contribution in [0.5, 0.6) is 0 Å². The van der Waals surface area contributed by atoms with Crippen LogP contribution in [-0.2, 0) is 10.1 Å². The minimum absolute atomic E-state index is 0.